The van der Waals surface area contributed by atoms with E-state index in [9.17, 15) is 13.2 Å². The molecular weight excluding hydrogens is 239 g/mol. The molecule has 1 aromatic rings. The number of nitrogens with one attached hydrogen (secondary N) is 1. The van der Waals surface area contributed by atoms with Crippen molar-refractivity contribution in [1.29, 1.82) is 0 Å². The third kappa shape index (κ3) is 2.03. The number of halogens is 3. The average Bonchev–Trinajstić information content (AvgIpc) is 2.89. The van der Waals surface area contributed by atoms with Crippen molar-refractivity contribution < 1.29 is 13.2 Å². The molecule has 0 radical (unpaired) electrons. The van der Waals surface area contributed by atoms with Gasteiger partial charge in [-0.05, 0) is 55.3 Å². The van der Waals surface area contributed by atoms with Gasteiger partial charge in [-0.2, -0.15) is 13.2 Å². The molecule has 0 unspecified atom stereocenters. The average molecular weight is 255 g/mol. The standard InChI is InChI=1S/C14H16F3N/c15-14(16,17)11-3-1-2-9(6-11)12-5-4-10-7-18-8-13(10)12/h1-3,6,10,12-13,18H,4-5,7-8H2/t10-,12+,13+/m0/s1. The molecule has 0 bridgehead atoms. The number of fused-ring (bicyclic) bond motifs is 1. The fourth-order valence-corrected chi connectivity index (χ4v) is 3.51. The predicted molar refractivity (Wildman–Crippen MR) is 63.3 cm³/mol. The number of rotatable bonds is 1. The molecule has 0 spiro atoms. The molecular formula is C14H16F3N. The third-order valence-electron chi connectivity index (χ3n) is 4.40. The fourth-order valence-electron chi connectivity index (χ4n) is 3.51. The van der Waals surface area contributed by atoms with Crippen molar-refractivity contribution in [1.82, 2.24) is 5.32 Å². The van der Waals surface area contributed by atoms with Gasteiger partial charge >= 0.3 is 6.18 Å². The van der Waals surface area contributed by atoms with Crippen LogP contribution >= 0.6 is 0 Å². The van der Waals surface area contributed by atoms with Crippen molar-refractivity contribution >= 4 is 0 Å². The summed E-state index contributed by atoms with van der Waals surface area (Å²) in [6.45, 7) is 1.98. The van der Waals surface area contributed by atoms with Crippen LogP contribution in [-0.2, 0) is 6.18 Å². The van der Waals surface area contributed by atoms with Gasteiger partial charge in [0.15, 0.2) is 0 Å². The Morgan fingerprint density at radius 1 is 1.11 bits per heavy atom. The Bertz CT molecular complexity index is 441. The van der Waals surface area contributed by atoms with Crippen LogP contribution < -0.4 is 5.32 Å². The molecule has 1 saturated carbocycles. The van der Waals surface area contributed by atoms with Gasteiger partial charge in [0.2, 0.25) is 0 Å². The van der Waals surface area contributed by atoms with Crippen LogP contribution in [-0.4, -0.2) is 13.1 Å². The monoisotopic (exact) mass is 255 g/mol. The molecule has 1 saturated heterocycles. The molecule has 1 nitrogen and oxygen atoms in total. The minimum absolute atomic E-state index is 0.298. The first-order valence-electron chi connectivity index (χ1n) is 6.43. The van der Waals surface area contributed by atoms with Crippen molar-refractivity contribution in [2.24, 2.45) is 11.8 Å². The smallest absolute Gasteiger partial charge is 0.316 e. The summed E-state index contributed by atoms with van der Waals surface area (Å²) < 4.78 is 38.1. The van der Waals surface area contributed by atoms with Gasteiger partial charge in [0.1, 0.15) is 0 Å². The van der Waals surface area contributed by atoms with Crippen LogP contribution in [0.1, 0.15) is 29.9 Å². The van der Waals surface area contributed by atoms with Crippen LogP contribution in [0.4, 0.5) is 13.2 Å². The van der Waals surface area contributed by atoms with E-state index in [1.54, 1.807) is 0 Å². The second-order valence-corrected chi connectivity index (χ2v) is 5.39. The second-order valence-electron chi connectivity index (χ2n) is 5.39. The number of hydrogen-bond donors (Lipinski definition) is 1. The summed E-state index contributed by atoms with van der Waals surface area (Å²) in [4.78, 5) is 0. The highest BCUT2D eigenvalue weighted by Crippen LogP contribution is 2.45. The maximum atomic E-state index is 12.7. The Balaban J connectivity index is 1.88. The van der Waals surface area contributed by atoms with Crippen LogP contribution in [0.5, 0.6) is 0 Å². The molecule has 1 aliphatic heterocycles. The third-order valence-corrected chi connectivity index (χ3v) is 4.40. The highest BCUT2D eigenvalue weighted by molar-refractivity contribution is 5.30. The molecule has 1 aromatic carbocycles. The van der Waals surface area contributed by atoms with E-state index in [0.717, 1.165) is 37.6 Å². The number of hydrogen-bond acceptors (Lipinski definition) is 1. The number of alkyl halides is 3. The summed E-state index contributed by atoms with van der Waals surface area (Å²) >= 11 is 0. The zero-order valence-corrected chi connectivity index (χ0v) is 10.0. The molecule has 3 atom stereocenters. The summed E-state index contributed by atoms with van der Waals surface area (Å²) in [6.07, 6.45) is -2.07. The van der Waals surface area contributed by atoms with Crippen LogP contribution in [0, 0.1) is 11.8 Å². The minimum atomic E-state index is -4.23. The topological polar surface area (TPSA) is 12.0 Å². The maximum absolute atomic E-state index is 12.7. The van der Waals surface area contributed by atoms with E-state index in [4.69, 9.17) is 0 Å². The summed E-state index contributed by atoms with van der Waals surface area (Å²) in [5.41, 5.74) is 0.343. The first-order valence-corrected chi connectivity index (χ1v) is 6.43. The molecule has 4 heteroatoms. The quantitative estimate of drug-likeness (QED) is 0.810. The normalized spacial score (nSPS) is 31.6. The van der Waals surface area contributed by atoms with Gasteiger partial charge in [0.25, 0.3) is 0 Å². The zero-order valence-electron chi connectivity index (χ0n) is 10.0. The van der Waals surface area contributed by atoms with Crippen molar-refractivity contribution in [3.8, 4) is 0 Å². The van der Waals surface area contributed by atoms with Gasteiger partial charge in [-0.3, -0.25) is 0 Å². The van der Waals surface area contributed by atoms with Gasteiger partial charge < -0.3 is 5.32 Å². The Labute approximate surface area is 104 Å². The van der Waals surface area contributed by atoms with Gasteiger partial charge in [-0.1, -0.05) is 18.2 Å². The van der Waals surface area contributed by atoms with Crippen LogP contribution in [0.2, 0.25) is 0 Å². The Hall–Kier alpha value is -1.03. The molecule has 2 aliphatic rings. The van der Waals surface area contributed by atoms with E-state index in [2.05, 4.69) is 5.32 Å². The van der Waals surface area contributed by atoms with E-state index in [-0.39, 0.29) is 0 Å². The Kier molecular flexibility index (Phi) is 2.85. The highest BCUT2D eigenvalue weighted by Gasteiger charge is 2.40. The first kappa shape index (κ1) is 12.0. The Morgan fingerprint density at radius 2 is 1.94 bits per heavy atom. The molecule has 0 amide bonds. The van der Waals surface area contributed by atoms with E-state index < -0.39 is 11.7 Å². The fraction of sp³-hybridized carbons (Fsp3) is 0.571. The lowest BCUT2D eigenvalue weighted by Crippen LogP contribution is -2.15. The summed E-state index contributed by atoms with van der Waals surface area (Å²) in [7, 11) is 0. The van der Waals surface area contributed by atoms with Gasteiger partial charge in [0.05, 0.1) is 5.56 Å². The predicted octanol–water partition coefficient (Wildman–Crippen LogP) is 3.42. The van der Waals surface area contributed by atoms with Gasteiger partial charge in [-0.25, -0.2) is 0 Å². The van der Waals surface area contributed by atoms with Crippen molar-refractivity contribution in [3.63, 3.8) is 0 Å². The molecule has 1 heterocycles. The van der Waals surface area contributed by atoms with E-state index in [1.807, 2.05) is 6.07 Å². The van der Waals surface area contributed by atoms with Crippen molar-refractivity contribution in [2.75, 3.05) is 13.1 Å². The number of benzene rings is 1. The summed E-state index contributed by atoms with van der Waals surface area (Å²) in [5, 5.41) is 3.35. The largest absolute Gasteiger partial charge is 0.416 e. The lowest BCUT2D eigenvalue weighted by molar-refractivity contribution is -0.137. The zero-order chi connectivity index (χ0) is 12.8. The molecule has 98 valence electrons. The molecule has 0 aromatic heterocycles. The van der Waals surface area contributed by atoms with Crippen LogP contribution in [0.15, 0.2) is 24.3 Å². The molecule has 18 heavy (non-hydrogen) atoms. The minimum Gasteiger partial charge on any atom is -0.316 e. The molecule has 2 fully saturated rings. The van der Waals surface area contributed by atoms with Crippen LogP contribution in [0.3, 0.4) is 0 Å². The second kappa shape index (κ2) is 4.26. The molecule has 3 rings (SSSR count). The SMILES string of the molecule is FC(F)(F)c1cccc([C@H]2CC[C@H]3CNC[C@H]32)c1. The first-order chi connectivity index (χ1) is 8.55. The van der Waals surface area contributed by atoms with Gasteiger partial charge in [0, 0.05) is 0 Å². The van der Waals surface area contributed by atoms with E-state index >= 15 is 0 Å². The van der Waals surface area contributed by atoms with E-state index in [1.165, 1.54) is 12.1 Å². The van der Waals surface area contributed by atoms with Crippen LogP contribution in [0.25, 0.3) is 0 Å². The summed E-state index contributed by atoms with van der Waals surface area (Å²) in [5.74, 6) is 1.48. The molecule has 1 N–H and O–H groups in total. The van der Waals surface area contributed by atoms with Gasteiger partial charge in [-0.15, -0.1) is 0 Å². The summed E-state index contributed by atoms with van der Waals surface area (Å²) in [6, 6.07) is 5.88. The lowest BCUT2D eigenvalue weighted by Gasteiger charge is -2.19. The Morgan fingerprint density at radius 3 is 2.72 bits per heavy atom. The maximum Gasteiger partial charge on any atom is 0.416 e. The van der Waals surface area contributed by atoms with Crippen molar-refractivity contribution in [3.05, 3.63) is 35.4 Å². The highest BCUT2D eigenvalue weighted by atomic mass is 19.4. The van der Waals surface area contributed by atoms with Crippen molar-refractivity contribution in [2.45, 2.75) is 24.9 Å². The van der Waals surface area contributed by atoms with E-state index in [0.29, 0.717) is 17.8 Å². The molecule has 1 aliphatic carbocycles. The lowest BCUT2D eigenvalue weighted by atomic mass is 9.86.